The predicted molar refractivity (Wildman–Crippen MR) is 110 cm³/mol. The van der Waals surface area contributed by atoms with Crippen LogP contribution in [-0.2, 0) is 10.9 Å². The molecule has 0 bridgehead atoms. The highest BCUT2D eigenvalue weighted by atomic mass is 32.2. The number of rotatable bonds is 3. The quantitative estimate of drug-likeness (QED) is 0.303. The number of hydrogen-bond donors (Lipinski definition) is 0. The van der Waals surface area contributed by atoms with Crippen molar-refractivity contribution in [2.24, 2.45) is 0 Å². The molecule has 0 radical (unpaired) electrons. The maximum absolute atomic E-state index is 5.92. The Labute approximate surface area is 164 Å². The fourth-order valence-electron chi connectivity index (χ4n) is 2.98. The molecular weight excluding hydrogens is 376 g/mol. The van der Waals surface area contributed by atoms with Gasteiger partial charge in [-0.1, -0.05) is 36.0 Å². The summed E-state index contributed by atoms with van der Waals surface area (Å²) in [5, 5.41) is 2.95. The molecule has 0 atom stereocenters. The Morgan fingerprint density at radius 1 is 0.654 bits per heavy atom. The lowest BCUT2D eigenvalue weighted by molar-refractivity contribution is 0.496. The van der Waals surface area contributed by atoms with Crippen LogP contribution in [0.3, 0.4) is 0 Å². The summed E-state index contributed by atoms with van der Waals surface area (Å²) in [5.74, 6) is 0.882. The highest BCUT2D eigenvalue weighted by molar-refractivity contribution is 8.04. The molecule has 1 nitrogen and oxygen atoms in total. The Kier molecular flexibility index (Phi) is 4.25. The Morgan fingerprint density at radius 2 is 1.31 bits per heavy atom. The Bertz CT molecular complexity index is 994. The van der Waals surface area contributed by atoms with E-state index in [0.717, 1.165) is 10.8 Å². The van der Waals surface area contributed by atoms with Gasteiger partial charge in [-0.3, -0.25) is 0 Å². The largest absolute Gasteiger partial charge is 0.447 e. The highest BCUT2D eigenvalue weighted by Gasteiger charge is 2.37. The first-order valence-corrected chi connectivity index (χ1v) is 11.2. The summed E-state index contributed by atoms with van der Waals surface area (Å²) < 4.78 is 5.92. The van der Waals surface area contributed by atoms with Gasteiger partial charge in [0.2, 0.25) is 0 Å². The third-order valence-electron chi connectivity index (χ3n) is 4.13. The van der Waals surface area contributed by atoms with E-state index >= 15 is 0 Å². The van der Waals surface area contributed by atoms with Crippen LogP contribution in [0.4, 0.5) is 0 Å². The standard InChI is InChI=1S/C22H15OS3/c1-3-8-20-18(6-1)25-19-7-2-4-9-21(19)26(20)17-13-11-16(12-14-17)23-22-10-5-15-24-22/h1-15H/q+1. The van der Waals surface area contributed by atoms with Gasteiger partial charge in [0.1, 0.15) is 16.6 Å². The van der Waals surface area contributed by atoms with Crippen LogP contribution >= 0.6 is 23.1 Å². The van der Waals surface area contributed by atoms with Gasteiger partial charge in [0, 0.05) is 0 Å². The van der Waals surface area contributed by atoms with Crippen molar-refractivity contribution in [2.45, 2.75) is 24.5 Å². The molecule has 26 heavy (non-hydrogen) atoms. The maximum atomic E-state index is 5.92. The monoisotopic (exact) mass is 391 g/mol. The van der Waals surface area contributed by atoms with Crippen LogP contribution in [-0.4, -0.2) is 0 Å². The number of thiophene rings is 1. The summed E-state index contributed by atoms with van der Waals surface area (Å²) in [6.07, 6.45) is 0. The van der Waals surface area contributed by atoms with Gasteiger partial charge in [-0.15, -0.1) is 11.3 Å². The van der Waals surface area contributed by atoms with E-state index in [2.05, 4.69) is 72.8 Å². The molecule has 1 aliphatic heterocycles. The Morgan fingerprint density at radius 3 is 1.92 bits per heavy atom. The smallest absolute Gasteiger partial charge is 0.180 e. The van der Waals surface area contributed by atoms with Crippen molar-refractivity contribution >= 4 is 34.0 Å². The van der Waals surface area contributed by atoms with Crippen LogP contribution in [0.2, 0.25) is 0 Å². The minimum atomic E-state index is -0.0787. The lowest BCUT2D eigenvalue weighted by atomic mass is 10.3. The van der Waals surface area contributed by atoms with Gasteiger partial charge in [-0.05, 0) is 66.0 Å². The fourth-order valence-corrected chi connectivity index (χ4v) is 7.31. The number of ether oxygens (including phenoxy) is 1. The maximum Gasteiger partial charge on any atom is 0.180 e. The number of benzene rings is 3. The average Bonchev–Trinajstić information content (AvgIpc) is 3.20. The summed E-state index contributed by atoms with van der Waals surface area (Å²) in [5.41, 5.74) is 0. The third kappa shape index (κ3) is 2.94. The van der Waals surface area contributed by atoms with Crippen LogP contribution in [0.5, 0.6) is 10.8 Å². The van der Waals surface area contributed by atoms with Gasteiger partial charge in [0.25, 0.3) is 0 Å². The zero-order chi connectivity index (χ0) is 17.3. The van der Waals surface area contributed by atoms with Crippen molar-refractivity contribution in [3.8, 4) is 10.8 Å². The first-order chi connectivity index (χ1) is 12.9. The van der Waals surface area contributed by atoms with Crippen LogP contribution in [0, 0.1) is 0 Å². The number of fused-ring (bicyclic) bond motifs is 2. The van der Waals surface area contributed by atoms with Crippen molar-refractivity contribution in [3.63, 3.8) is 0 Å². The molecule has 126 valence electrons. The number of hydrogen-bond acceptors (Lipinski definition) is 3. The van der Waals surface area contributed by atoms with E-state index in [1.165, 1.54) is 24.5 Å². The molecule has 0 saturated carbocycles. The van der Waals surface area contributed by atoms with Crippen LogP contribution in [0.25, 0.3) is 0 Å². The zero-order valence-corrected chi connectivity index (χ0v) is 16.2. The van der Waals surface area contributed by atoms with E-state index in [1.54, 1.807) is 11.3 Å². The highest BCUT2D eigenvalue weighted by Crippen LogP contribution is 2.48. The lowest BCUT2D eigenvalue weighted by Gasteiger charge is -2.18. The van der Waals surface area contributed by atoms with E-state index in [0.29, 0.717) is 0 Å². The summed E-state index contributed by atoms with van der Waals surface area (Å²) in [6.45, 7) is 0. The third-order valence-corrected chi connectivity index (χ3v) is 8.62. The molecule has 0 N–H and O–H groups in total. The van der Waals surface area contributed by atoms with Gasteiger partial charge < -0.3 is 4.74 Å². The molecular formula is C22H15OS3+. The summed E-state index contributed by atoms with van der Waals surface area (Å²) in [4.78, 5) is 6.84. The molecule has 0 aliphatic carbocycles. The summed E-state index contributed by atoms with van der Waals surface area (Å²) in [7, 11) is -0.0787. The van der Waals surface area contributed by atoms with Crippen molar-refractivity contribution < 1.29 is 4.74 Å². The van der Waals surface area contributed by atoms with E-state index in [1.807, 2.05) is 29.3 Å². The molecule has 0 amide bonds. The SMILES string of the molecule is c1csc(Oc2ccc([S+]3c4ccccc4Sc4ccccc43)cc2)c1. The second kappa shape index (κ2) is 6.88. The van der Waals surface area contributed by atoms with Crippen molar-refractivity contribution in [3.05, 3.63) is 90.3 Å². The van der Waals surface area contributed by atoms with E-state index < -0.39 is 0 Å². The van der Waals surface area contributed by atoms with E-state index in [4.69, 9.17) is 4.74 Å². The molecule has 0 fully saturated rings. The van der Waals surface area contributed by atoms with Crippen molar-refractivity contribution in [1.29, 1.82) is 0 Å². The van der Waals surface area contributed by atoms with Crippen LogP contribution in [0.1, 0.15) is 0 Å². The molecule has 4 aromatic rings. The molecule has 1 aromatic heterocycles. The van der Waals surface area contributed by atoms with Crippen molar-refractivity contribution in [2.75, 3.05) is 0 Å². The first-order valence-electron chi connectivity index (χ1n) is 8.30. The molecule has 0 saturated heterocycles. The topological polar surface area (TPSA) is 9.23 Å². The summed E-state index contributed by atoms with van der Waals surface area (Å²) in [6, 6.07) is 30.1. The summed E-state index contributed by atoms with van der Waals surface area (Å²) >= 11 is 3.48. The van der Waals surface area contributed by atoms with Gasteiger partial charge in [0.15, 0.2) is 19.7 Å². The van der Waals surface area contributed by atoms with Crippen LogP contribution in [0.15, 0.2) is 115 Å². The molecule has 5 rings (SSSR count). The minimum Gasteiger partial charge on any atom is -0.447 e. The first kappa shape index (κ1) is 16.1. The fraction of sp³-hybridized carbons (Fsp3) is 0. The Hall–Kier alpha value is -2.14. The predicted octanol–water partition coefficient (Wildman–Crippen LogP) is 7.10. The molecule has 0 unspecified atom stereocenters. The molecule has 2 heterocycles. The van der Waals surface area contributed by atoms with Crippen LogP contribution < -0.4 is 4.74 Å². The van der Waals surface area contributed by atoms with E-state index in [-0.39, 0.29) is 10.9 Å². The van der Waals surface area contributed by atoms with E-state index in [9.17, 15) is 0 Å². The second-order valence-corrected chi connectivity index (χ2v) is 9.76. The minimum absolute atomic E-state index is 0.0787. The average molecular weight is 392 g/mol. The van der Waals surface area contributed by atoms with Gasteiger partial charge >= 0.3 is 0 Å². The molecule has 4 heteroatoms. The van der Waals surface area contributed by atoms with Gasteiger partial charge in [-0.2, -0.15) is 0 Å². The van der Waals surface area contributed by atoms with Gasteiger partial charge in [0.05, 0.1) is 9.79 Å². The van der Waals surface area contributed by atoms with Gasteiger partial charge in [-0.25, -0.2) is 0 Å². The molecule has 3 aromatic carbocycles. The normalized spacial score (nSPS) is 13.1. The molecule has 0 spiro atoms. The van der Waals surface area contributed by atoms with Crippen molar-refractivity contribution in [1.82, 2.24) is 0 Å². The molecule has 1 aliphatic rings. The second-order valence-electron chi connectivity index (χ2n) is 5.81. The lowest BCUT2D eigenvalue weighted by Crippen LogP contribution is -2.10. The Balaban J connectivity index is 1.55. The zero-order valence-electron chi connectivity index (χ0n) is 13.8.